The molecule has 1 atom stereocenters. The van der Waals surface area contributed by atoms with E-state index >= 15 is 0 Å². The van der Waals surface area contributed by atoms with E-state index in [4.69, 9.17) is 11.6 Å². The molecule has 1 amide bonds. The third kappa shape index (κ3) is 3.93. The van der Waals surface area contributed by atoms with E-state index in [9.17, 15) is 9.59 Å². The van der Waals surface area contributed by atoms with Gasteiger partial charge in [-0.25, -0.2) is 0 Å². The van der Waals surface area contributed by atoms with Crippen molar-refractivity contribution >= 4 is 34.7 Å². The van der Waals surface area contributed by atoms with E-state index < -0.39 is 6.04 Å². The van der Waals surface area contributed by atoms with Crippen molar-refractivity contribution in [3.63, 3.8) is 0 Å². The Morgan fingerprint density at radius 3 is 2.48 bits per heavy atom. The van der Waals surface area contributed by atoms with Gasteiger partial charge in [0.05, 0.1) is 17.1 Å². The van der Waals surface area contributed by atoms with Gasteiger partial charge in [-0.05, 0) is 60.4 Å². The molecule has 1 aliphatic carbocycles. The van der Waals surface area contributed by atoms with Crippen LogP contribution in [0.5, 0.6) is 0 Å². The van der Waals surface area contributed by atoms with Crippen molar-refractivity contribution in [2.24, 2.45) is 5.41 Å². The Hall–Kier alpha value is -3.44. The summed E-state index contributed by atoms with van der Waals surface area (Å²) >= 11 is 6.07. The normalized spacial score (nSPS) is 19.3. The van der Waals surface area contributed by atoms with Crippen LogP contribution in [0.15, 0.2) is 84.2 Å². The van der Waals surface area contributed by atoms with E-state index in [-0.39, 0.29) is 17.1 Å². The van der Waals surface area contributed by atoms with Crippen LogP contribution >= 0.6 is 11.6 Å². The van der Waals surface area contributed by atoms with E-state index in [2.05, 4.69) is 24.1 Å². The Labute approximate surface area is 198 Å². The van der Waals surface area contributed by atoms with Crippen LogP contribution in [-0.2, 0) is 4.79 Å². The number of halogens is 1. The zero-order valence-electron chi connectivity index (χ0n) is 18.5. The van der Waals surface area contributed by atoms with Gasteiger partial charge in [0.2, 0.25) is 0 Å². The molecule has 2 aromatic carbocycles. The monoisotopic (exact) mass is 457 g/mol. The predicted octanol–water partition coefficient (Wildman–Crippen LogP) is 6.19. The number of aromatic nitrogens is 1. The summed E-state index contributed by atoms with van der Waals surface area (Å²) in [5, 5.41) is 4.06. The van der Waals surface area contributed by atoms with Crippen molar-refractivity contribution in [3.05, 3.63) is 100 Å². The number of Topliss-reactive ketones (excluding diaryl/α,β-unsaturated/α-hetero) is 1. The van der Waals surface area contributed by atoms with Gasteiger partial charge in [0.1, 0.15) is 6.04 Å². The molecule has 1 aliphatic heterocycles. The molecule has 33 heavy (non-hydrogen) atoms. The lowest BCUT2D eigenvalue weighted by Crippen LogP contribution is -2.40. The Morgan fingerprint density at radius 2 is 1.76 bits per heavy atom. The maximum Gasteiger partial charge on any atom is 0.259 e. The fourth-order valence-corrected chi connectivity index (χ4v) is 4.89. The molecule has 0 spiro atoms. The minimum Gasteiger partial charge on any atom is -0.357 e. The molecule has 6 heteroatoms. The van der Waals surface area contributed by atoms with Gasteiger partial charge in [-0.3, -0.25) is 19.5 Å². The summed E-state index contributed by atoms with van der Waals surface area (Å²) in [4.78, 5) is 33.9. The highest BCUT2D eigenvalue weighted by atomic mass is 35.5. The van der Waals surface area contributed by atoms with Gasteiger partial charge < -0.3 is 5.32 Å². The summed E-state index contributed by atoms with van der Waals surface area (Å²) < 4.78 is 0. The van der Waals surface area contributed by atoms with Crippen LogP contribution in [0.4, 0.5) is 11.4 Å². The highest BCUT2D eigenvalue weighted by molar-refractivity contribution is 6.30. The number of pyridine rings is 1. The van der Waals surface area contributed by atoms with Gasteiger partial charge in [0.15, 0.2) is 5.78 Å². The molecular weight excluding hydrogens is 434 g/mol. The number of hydrogen-bond acceptors (Lipinski definition) is 4. The van der Waals surface area contributed by atoms with Crippen molar-refractivity contribution in [3.8, 4) is 0 Å². The lowest BCUT2D eigenvalue weighted by molar-refractivity contribution is -0.118. The number of benzene rings is 2. The summed E-state index contributed by atoms with van der Waals surface area (Å²) in [5.41, 5.74) is 3.91. The number of rotatable bonds is 2. The van der Waals surface area contributed by atoms with Crippen LogP contribution in [0, 0.1) is 5.41 Å². The standard InChI is InChI=1S/C27H24ClN3O2/c1-27(2)15-21-24(23(32)16-27)25(20-8-5-6-14-29-20)31(22-9-4-3-7-19(22)30-21)26(33)17-10-12-18(28)13-11-17/h3-14,25,30H,15-16H2,1-2H3. The number of fused-ring (bicyclic) bond motifs is 1. The van der Waals surface area contributed by atoms with Gasteiger partial charge in [-0.2, -0.15) is 0 Å². The smallest absolute Gasteiger partial charge is 0.259 e. The van der Waals surface area contributed by atoms with Crippen LogP contribution < -0.4 is 10.2 Å². The van der Waals surface area contributed by atoms with Crippen LogP contribution in [0.25, 0.3) is 0 Å². The fraction of sp³-hybridized carbons (Fsp3) is 0.222. The molecule has 0 radical (unpaired) electrons. The summed E-state index contributed by atoms with van der Waals surface area (Å²) in [7, 11) is 0. The Balaban J connectivity index is 1.78. The zero-order valence-corrected chi connectivity index (χ0v) is 19.3. The number of allylic oxidation sites excluding steroid dienone is 1. The van der Waals surface area contributed by atoms with Crippen LogP contribution in [0.2, 0.25) is 5.02 Å². The van der Waals surface area contributed by atoms with Gasteiger partial charge in [0.25, 0.3) is 5.91 Å². The Bertz CT molecular complexity index is 1270. The molecule has 3 aromatic rings. The topological polar surface area (TPSA) is 62.3 Å². The van der Waals surface area contributed by atoms with E-state index in [0.717, 1.165) is 11.4 Å². The summed E-state index contributed by atoms with van der Waals surface area (Å²) in [5.74, 6) is -0.186. The molecule has 2 aliphatic rings. The van der Waals surface area contributed by atoms with Gasteiger partial charge in [0, 0.05) is 34.5 Å². The highest BCUT2D eigenvalue weighted by Crippen LogP contribution is 2.48. The second-order valence-corrected chi connectivity index (χ2v) is 9.75. The number of nitrogens with zero attached hydrogens (tertiary/aromatic N) is 2. The van der Waals surface area contributed by atoms with Crippen molar-refractivity contribution in [2.45, 2.75) is 32.7 Å². The minimum atomic E-state index is -0.649. The summed E-state index contributed by atoms with van der Waals surface area (Å²) in [6.45, 7) is 4.19. The molecule has 0 saturated heterocycles. The maximum absolute atomic E-state index is 14.0. The number of para-hydroxylation sites is 2. The van der Waals surface area contributed by atoms with E-state index in [1.807, 2.05) is 42.5 Å². The van der Waals surface area contributed by atoms with Crippen LogP contribution in [0.3, 0.4) is 0 Å². The molecule has 0 fully saturated rings. The van der Waals surface area contributed by atoms with Crippen molar-refractivity contribution in [1.29, 1.82) is 0 Å². The summed E-state index contributed by atoms with van der Waals surface area (Å²) in [6, 6.07) is 19.4. The highest BCUT2D eigenvalue weighted by Gasteiger charge is 2.43. The molecule has 0 bridgehead atoms. The average molecular weight is 458 g/mol. The lowest BCUT2D eigenvalue weighted by atomic mass is 9.73. The van der Waals surface area contributed by atoms with Crippen molar-refractivity contribution < 1.29 is 9.59 Å². The van der Waals surface area contributed by atoms with Crippen LogP contribution in [0.1, 0.15) is 48.8 Å². The first-order chi connectivity index (χ1) is 15.8. The van der Waals surface area contributed by atoms with Crippen molar-refractivity contribution in [1.82, 2.24) is 4.98 Å². The number of carbonyl (C=O) groups excluding carboxylic acids is 2. The van der Waals surface area contributed by atoms with E-state index in [0.29, 0.717) is 40.4 Å². The van der Waals surface area contributed by atoms with Gasteiger partial charge in [-0.1, -0.05) is 43.6 Å². The fourth-order valence-electron chi connectivity index (χ4n) is 4.76. The first-order valence-electron chi connectivity index (χ1n) is 11.0. The third-order valence-corrected chi connectivity index (χ3v) is 6.43. The second-order valence-electron chi connectivity index (χ2n) is 9.31. The van der Waals surface area contributed by atoms with Gasteiger partial charge >= 0.3 is 0 Å². The largest absolute Gasteiger partial charge is 0.357 e. The van der Waals surface area contributed by atoms with E-state index in [1.54, 1.807) is 35.4 Å². The summed E-state index contributed by atoms with van der Waals surface area (Å²) in [6.07, 6.45) is 2.81. The number of amides is 1. The maximum atomic E-state index is 14.0. The number of hydrogen-bond donors (Lipinski definition) is 1. The zero-order chi connectivity index (χ0) is 23.2. The minimum absolute atomic E-state index is 0.0334. The molecule has 0 saturated carbocycles. The predicted molar refractivity (Wildman–Crippen MR) is 130 cm³/mol. The molecule has 1 aromatic heterocycles. The number of anilines is 2. The quantitative estimate of drug-likeness (QED) is 0.498. The number of nitrogens with one attached hydrogen (secondary N) is 1. The first-order valence-corrected chi connectivity index (χ1v) is 11.3. The first kappa shape index (κ1) is 21.4. The molecule has 1 N–H and O–H groups in total. The third-order valence-electron chi connectivity index (χ3n) is 6.18. The molecule has 5 rings (SSSR count). The van der Waals surface area contributed by atoms with Crippen LogP contribution in [-0.4, -0.2) is 16.7 Å². The van der Waals surface area contributed by atoms with E-state index in [1.165, 1.54) is 0 Å². The molecule has 2 heterocycles. The Kier molecular flexibility index (Phi) is 5.29. The van der Waals surface area contributed by atoms with Gasteiger partial charge in [-0.15, -0.1) is 0 Å². The molecule has 166 valence electrons. The SMILES string of the molecule is CC1(C)CC(=O)C2=C(C1)Nc1ccccc1N(C(=O)c1ccc(Cl)cc1)C2c1ccccn1. The number of ketones is 1. The molecule has 5 nitrogen and oxygen atoms in total. The molecule has 1 unspecified atom stereocenters. The average Bonchev–Trinajstić information content (AvgIpc) is 2.93. The van der Waals surface area contributed by atoms with Crippen molar-refractivity contribution in [2.75, 3.05) is 10.2 Å². The second kappa shape index (κ2) is 8.16. The lowest BCUT2D eigenvalue weighted by Gasteiger charge is -2.36. The molecular formula is C27H24ClN3O2. The number of carbonyl (C=O) groups is 2. The Morgan fingerprint density at radius 1 is 1.03 bits per heavy atom.